The van der Waals surface area contributed by atoms with Crippen LogP contribution in [0.1, 0.15) is 16.1 Å². The van der Waals surface area contributed by atoms with Crippen LogP contribution in [0.4, 0.5) is 32.2 Å². The number of carbonyl (C=O) groups excluding carboxylic acids is 1. The topological polar surface area (TPSA) is 124 Å². The fourth-order valence-electron chi connectivity index (χ4n) is 1.87. The second-order valence-electron chi connectivity index (χ2n) is 5.12. The summed E-state index contributed by atoms with van der Waals surface area (Å²) in [6.07, 6.45) is -0.340. The number of aromatic carboxylic acids is 1. The fourth-order valence-corrected chi connectivity index (χ4v) is 3.17. The second-order valence-corrected chi connectivity index (χ2v) is 7.01. The van der Waals surface area contributed by atoms with Crippen molar-refractivity contribution in [1.29, 1.82) is 0 Å². The number of primary amides is 1. The van der Waals surface area contributed by atoms with E-state index in [2.05, 4.69) is 17.3 Å². The molecular weight excluding hydrogens is 501 g/mol. The number of carboxylic acids is 1. The Kier molecular flexibility index (Phi) is 8.12. The quantitative estimate of drug-likeness (QED) is 0.324. The number of hydrogen-bond acceptors (Lipinski definition) is 5. The third kappa shape index (κ3) is 6.88. The fraction of sp³-hybridized carbons (Fsp3) is 0.133. The van der Waals surface area contributed by atoms with Gasteiger partial charge in [0.05, 0.1) is 20.5 Å². The minimum absolute atomic E-state index is 0.447. The summed E-state index contributed by atoms with van der Waals surface area (Å²) in [4.78, 5) is 19.5. The summed E-state index contributed by atoms with van der Waals surface area (Å²) >= 11 is 10.7. The van der Waals surface area contributed by atoms with Crippen molar-refractivity contribution in [3.05, 3.63) is 33.4 Å². The highest BCUT2D eigenvalue weighted by Gasteiger charge is 2.37. The number of nitrogens with zero attached hydrogens (tertiary/aromatic N) is 2. The van der Waals surface area contributed by atoms with Crippen LogP contribution in [-0.2, 0) is 11.0 Å². The third-order valence-corrected chi connectivity index (χ3v) is 4.41. The van der Waals surface area contributed by atoms with Crippen LogP contribution in [-0.4, -0.2) is 32.3 Å². The number of hydrogen-bond donors (Lipinski definition) is 3. The van der Waals surface area contributed by atoms with E-state index in [9.17, 15) is 35.9 Å². The molecule has 0 saturated carbocycles. The number of nitrogen functional groups attached to an aromatic ring is 1. The molecule has 0 radical (unpaired) electrons. The maximum atomic E-state index is 12.8. The lowest BCUT2D eigenvalue weighted by Crippen LogP contribution is -2.09. The van der Waals surface area contributed by atoms with Crippen molar-refractivity contribution in [3.8, 4) is 18.0 Å². The molecule has 1 amide bonds. The first kappa shape index (κ1) is 26.3. The zero-order valence-electron chi connectivity index (χ0n) is 14.5. The highest BCUT2D eigenvalue weighted by Crippen LogP contribution is 2.44. The van der Waals surface area contributed by atoms with Gasteiger partial charge in [-0.25, -0.2) is 9.48 Å². The van der Waals surface area contributed by atoms with E-state index >= 15 is 0 Å². The first-order chi connectivity index (χ1) is 14.0. The number of rotatable bonds is 3. The van der Waals surface area contributed by atoms with Gasteiger partial charge in [-0.15, -0.1) is 6.42 Å². The van der Waals surface area contributed by atoms with Gasteiger partial charge in [0, 0.05) is 0 Å². The predicted molar refractivity (Wildman–Crippen MR) is 99.9 cm³/mol. The summed E-state index contributed by atoms with van der Waals surface area (Å²) in [6, 6.07) is 0.918. The van der Waals surface area contributed by atoms with Gasteiger partial charge in [-0.2, -0.15) is 31.4 Å². The van der Waals surface area contributed by atoms with Gasteiger partial charge in [0.25, 0.3) is 5.91 Å². The van der Waals surface area contributed by atoms with Gasteiger partial charge in [0.1, 0.15) is 11.5 Å². The number of alkyl halides is 6. The highest BCUT2D eigenvalue weighted by molar-refractivity contribution is 8.00. The monoisotopic (exact) mass is 508 g/mol. The van der Waals surface area contributed by atoms with Crippen LogP contribution in [0.15, 0.2) is 17.0 Å². The SMILES string of the molecule is C#CC(N)=O.Nc1c(SC(F)(F)F)c(C(=O)O)nn1-c1c(Cl)cc(C(F)(F)F)cc1Cl. The van der Waals surface area contributed by atoms with Crippen molar-refractivity contribution in [2.24, 2.45) is 5.73 Å². The van der Waals surface area contributed by atoms with E-state index in [0.29, 0.717) is 16.8 Å². The van der Waals surface area contributed by atoms with Crippen LogP contribution in [0, 0.1) is 12.3 Å². The second kappa shape index (κ2) is 9.58. The molecule has 2 rings (SSSR count). The first-order valence-electron chi connectivity index (χ1n) is 7.19. The summed E-state index contributed by atoms with van der Waals surface area (Å²) in [6.45, 7) is 0. The van der Waals surface area contributed by atoms with Crippen LogP contribution < -0.4 is 11.5 Å². The standard InChI is InChI=1S/C12H5Cl2F6N3O2S.C3H3NO/c13-4-1-3(11(15,16)17)2-5(14)7(4)23-9(21)8(26-12(18,19)20)6(22-23)10(24)25;1-2-3(4)5/h1-2H,21H2,(H,24,25);1H,(H2,4,5). The molecular formula is C15H8Cl2F6N4O3S. The van der Waals surface area contributed by atoms with Crippen molar-refractivity contribution >= 4 is 52.7 Å². The number of aromatic nitrogens is 2. The van der Waals surface area contributed by atoms with Crippen molar-refractivity contribution in [3.63, 3.8) is 0 Å². The molecule has 0 saturated heterocycles. The first-order valence-corrected chi connectivity index (χ1v) is 8.77. The van der Waals surface area contributed by atoms with Gasteiger partial charge in [0.15, 0.2) is 5.69 Å². The number of amides is 1. The summed E-state index contributed by atoms with van der Waals surface area (Å²) in [5, 5.41) is 11.1. The number of nitrogens with two attached hydrogens (primary N) is 2. The van der Waals surface area contributed by atoms with E-state index < -0.39 is 73.0 Å². The van der Waals surface area contributed by atoms with E-state index in [0.717, 1.165) is 0 Å². The molecule has 0 aliphatic heterocycles. The Morgan fingerprint density at radius 3 is 1.94 bits per heavy atom. The number of anilines is 1. The molecule has 0 fully saturated rings. The summed E-state index contributed by atoms with van der Waals surface area (Å²) < 4.78 is 76.6. The molecule has 1 aromatic heterocycles. The van der Waals surface area contributed by atoms with E-state index in [1.54, 1.807) is 5.92 Å². The number of benzene rings is 1. The molecule has 7 nitrogen and oxygen atoms in total. The molecule has 168 valence electrons. The number of terminal acetylenes is 1. The zero-order valence-corrected chi connectivity index (χ0v) is 16.8. The average molecular weight is 509 g/mol. The van der Waals surface area contributed by atoms with Crippen LogP contribution >= 0.6 is 35.0 Å². The van der Waals surface area contributed by atoms with E-state index in [1.165, 1.54) is 0 Å². The average Bonchev–Trinajstić information content (AvgIpc) is 2.89. The molecule has 0 atom stereocenters. The maximum Gasteiger partial charge on any atom is 0.446 e. The number of thioether (sulfide) groups is 1. The van der Waals surface area contributed by atoms with Crippen LogP contribution in [0.3, 0.4) is 0 Å². The smallest absolute Gasteiger partial charge is 0.446 e. The van der Waals surface area contributed by atoms with Crippen LogP contribution in [0.2, 0.25) is 10.0 Å². The van der Waals surface area contributed by atoms with Crippen molar-refractivity contribution in [2.45, 2.75) is 16.6 Å². The third-order valence-electron chi connectivity index (χ3n) is 2.99. The summed E-state index contributed by atoms with van der Waals surface area (Å²) in [5.41, 5.74) is 2.28. The normalized spacial score (nSPS) is 11.3. The molecule has 2 aromatic rings. The molecule has 0 bridgehead atoms. The summed E-state index contributed by atoms with van der Waals surface area (Å²) in [5.74, 6) is -1.68. The lowest BCUT2D eigenvalue weighted by atomic mass is 10.2. The summed E-state index contributed by atoms with van der Waals surface area (Å²) in [7, 11) is 0. The molecule has 16 heteroatoms. The predicted octanol–water partition coefficient (Wildman–Crippen LogP) is 4.20. The Morgan fingerprint density at radius 1 is 1.16 bits per heavy atom. The Bertz CT molecular complexity index is 1040. The Hall–Kier alpha value is -2.76. The van der Waals surface area contributed by atoms with Crippen LogP contribution in [0.25, 0.3) is 5.69 Å². The van der Waals surface area contributed by atoms with E-state index in [4.69, 9.17) is 34.0 Å². The van der Waals surface area contributed by atoms with Gasteiger partial charge < -0.3 is 16.6 Å². The molecule has 1 heterocycles. The van der Waals surface area contributed by atoms with Crippen molar-refractivity contribution in [2.75, 3.05) is 5.73 Å². The van der Waals surface area contributed by atoms with Gasteiger partial charge in [-0.1, -0.05) is 23.2 Å². The number of halogens is 8. The number of carboxylic acid groups (broad SMARTS) is 1. The largest absolute Gasteiger partial charge is 0.476 e. The number of carbonyl (C=O) groups is 2. The van der Waals surface area contributed by atoms with E-state index in [1.807, 2.05) is 0 Å². The molecule has 31 heavy (non-hydrogen) atoms. The maximum absolute atomic E-state index is 12.8. The van der Waals surface area contributed by atoms with Crippen molar-refractivity contribution in [1.82, 2.24) is 9.78 Å². The lowest BCUT2D eigenvalue weighted by Gasteiger charge is -2.13. The van der Waals surface area contributed by atoms with Crippen LogP contribution in [0.5, 0.6) is 0 Å². The van der Waals surface area contributed by atoms with E-state index in [-0.39, 0.29) is 0 Å². The molecule has 0 aliphatic carbocycles. The molecule has 5 N–H and O–H groups in total. The van der Waals surface area contributed by atoms with Crippen molar-refractivity contribution < 1.29 is 41.0 Å². The van der Waals surface area contributed by atoms with Gasteiger partial charge in [0.2, 0.25) is 0 Å². The Labute approximate surface area is 183 Å². The Balaban J connectivity index is 0.000000861. The minimum Gasteiger partial charge on any atom is -0.476 e. The van der Waals surface area contributed by atoms with Gasteiger partial charge in [-0.3, -0.25) is 4.79 Å². The highest BCUT2D eigenvalue weighted by atomic mass is 35.5. The van der Waals surface area contributed by atoms with Gasteiger partial charge in [-0.05, 0) is 29.8 Å². The molecule has 0 spiro atoms. The molecule has 0 unspecified atom stereocenters. The molecule has 1 aromatic carbocycles. The minimum atomic E-state index is -4.89. The lowest BCUT2D eigenvalue weighted by molar-refractivity contribution is -0.137. The molecule has 0 aliphatic rings. The Morgan fingerprint density at radius 2 is 1.61 bits per heavy atom. The zero-order chi connectivity index (χ0) is 24.3. The van der Waals surface area contributed by atoms with Gasteiger partial charge >= 0.3 is 17.7 Å².